The van der Waals surface area contributed by atoms with E-state index in [4.69, 9.17) is 9.47 Å². The van der Waals surface area contributed by atoms with Crippen LogP contribution >= 0.6 is 0 Å². The molecule has 24 heavy (non-hydrogen) atoms. The van der Waals surface area contributed by atoms with Crippen LogP contribution in [-0.4, -0.2) is 50.8 Å². The van der Waals surface area contributed by atoms with E-state index < -0.39 is 5.60 Å². The van der Waals surface area contributed by atoms with Crippen molar-refractivity contribution in [3.05, 3.63) is 24.3 Å². The van der Waals surface area contributed by atoms with E-state index in [1.165, 1.54) is 0 Å². The van der Waals surface area contributed by atoms with Crippen molar-refractivity contribution in [1.82, 2.24) is 4.90 Å². The largest absolute Gasteiger partial charge is 0.492 e. The smallest absolute Gasteiger partial charge is 0.256 e. The van der Waals surface area contributed by atoms with Gasteiger partial charge in [-0.05, 0) is 63.5 Å². The van der Waals surface area contributed by atoms with Crippen LogP contribution in [0.25, 0.3) is 0 Å². The van der Waals surface area contributed by atoms with Gasteiger partial charge in [-0.2, -0.15) is 0 Å². The SMILES string of the molecule is CO[C@@]1(C(=O)Nc2ccc(OCCN(C)C)cc2)CCC[C@H](C)C1. The van der Waals surface area contributed by atoms with Crippen LogP contribution in [0.2, 0.25) is 0 Å². The van der Waals surface area contributed by atoms with E-state index >= 15 is 0 Å². The molecular formula is C19H30N2O3. The first-order valence-corrected chi connectivity index (χ1v) is 8.69. The van der Waals surface area contributed by atoms with Gasteiger partial charge in [0.2, 0.25) is 0 Å². The maximum absolute atomic E-state index is 12.7. The van der Waals surface area contributed by atoms with Gasteiger partial charge in [-0.3, -0.25) is 4.79 Å². The Morgan fingerprint density at radius 1 is 1.33 bits per heavy atom. The van der Waals surface area contributed by atoms with E-state index in [9.17, 15) is 4.79 Å². The van der Waals surface area contributed by atoms with Gasteiger partial charge in [-0.1, -0.05) is 13.3 Å². The monoisotopic (exact) mass is 334 g/mol. The molecule has 0 aliphatic heterocycles. The van der Waals surface area contributed by atoms with Crippen LogP contribution < -0.4 is 10.1 Å². The minimum absolute atomic E-state index is 0.0437. The predicted octanol–water partition coefficient (Wildman–Crippen LogP) is 3.16. The van der Waals surface area contributed by atoms with Gasteiger partial charge in [0, 0.05) is 19.3 Å². The Hall–Kier alpha value is -1.59. The molecule has 1 amide bonds. The molecule has 1 fully saturated rings. The van der Waals surface area contributed by atoms with Crippen molar-refractivity contribution in [2.24, 2.45) is 5.92 Å². The fraction of sp³-hybridized carbons (Fsp3) is 0.632. The highest BCUT2D eigenvalue weighted by atomic mass is 16.5. The molecule has 0 heterocycles. The third-order valence-electron chi connectivity index (χ3n) is 4.68. The summed E-state index contributed by atoms with van der Waals surface area (Å²) in [5.74, 6) is 1.28. The summed E-state index contributed by atoms with van der Waals surface area (Å²) in [6.07, 6.45) is 3.75. The number of carbonyl (C=O) groups excluding carboxylic acids is 1. The van der Waals surface area contributed by atoms with Crippen LogP contribution in [0.15, 0.2) is 24.3 Å². The van der Waals surface area contributed by atoms with E-state index in [2.05, 4.69) is 17.1 Å². The molecular weight excluding hydrogens is 304 g/mol. The molecule has 5 heteroatoms. The number of rotatable bonds is 7. The van der Waals surface area contributed by atoms with Gasteiger partial charge in [0.05, 0.1) is 0 Å². The topological polar surface area (TPSA) is 50.8 Å². The quantitative estimate of drug-likeness (QED) is 0.832. The molecule has 134 valence electrons. The van der Waals surface area contributed by atoms with E-state index in [1.807, 2.05) is 38.4 Å². The number of nitrogens with one attached hydrogen (secondary N) is 1. The van der Waals surface area contributed by atoms with Gasteiger partial charge < -0.3 is 19.7 Å². The molecule has 1 aliphatic rings. The van der Waals surface area contributed by atoms with Gasteiger partial charge in [-0.15, -0.1) is 0 Å². The Morgan fingerprint density at radius 3 is 2.62 bits per heavy atom. The van der Waals surface area contributed by atoms with Crippen molar-refractivity contribution in [2.45, 2.75) is 38.2 Å². The third kappa shape index (κ3) is 4.95. The molecule has 0 saturated heterocycles. The van der Waals surface area contributed by atoms with Crippen LogP contribution in [0.5, 0.6) is 5.75 Å². The van der Waals surface area contributed by atoms with Crippen molar-refractivity contribution in [3.63, 3.8) is 0 Å². The molecule has 1 N–H and O–H groups in total. The second kappa shape index (κ2) is 8.49. The number of hydrogen-bond donors (Lipinski definition) is 1. The summed E-state index contributed by atoms with van der Waals surface area (Å²) < 4.78 is 11.3. The number of methoxy groups -OCH3 is 1. The summed E-state index contributed by atoms with van der Waals surface area (Å²) in [7, 11) is 5.67. The van der Waals surface area contributed by atoms with Crippen LogP contribution in [-0.2, 0) is 9.53 Å². The molecule has 0 bridgehead atoms. The zero-order chi connectivity index (χ0) is 17.6. The number of nitrogens with zero attached hydrogens (tertiary/aromatic N) is 1. The Kier molecular flexibility index (Phi) is 6.63. The lowest BCUT2D eigenvalue weighted by Gasteiger charge is -2.37. The Morgan fingerprint density at radius 2 is 2.04 bits per heavy atom. The average molecular weight is 334 g/mol. The first-order chi connectivity index (χ1) is 11.4. The van der Waals surface area contributed by atoms with Crippen molar-refractivity contribution >= 4 is 11.6 Å². The molecule has 1 aromatic carbocycles. The second-order valence-corrected chi connectivity index (χ2v) is 7.03. The van der Waals surface area contributed by atoms with Crippen molar-refractivity contribution in [1.29, 1.82) is 0 Å². The highest BCUT2D eigenvalue weighted by molar-refractivity contribution is 5.97. The number of likely N-dealkylation sites (N-methyl/N-ethyl adjacent to an activating group) is 1. The van der Waals surface area contributed by atoms with Crippen LogP contribution in [0, 0.1) is 5.92 Å². The summed E-state index contributed by atoms with van der Waals surface area (Å²) in [6.45, 7) is 3.69. The summed E-state index contributed by atoms with van der Waals surface area (Å²) in [6, 6.07) is 7.51. The molecule has 0 aromatic heterocycles. The number of benzene rings is 1. The van der Waals surface area contributed by atoms with E-state index in [-0.39, 0.29) is 5.91 Å². The summed E-state index contributed by atoms with van der Waals surface area (Å²) >= 11 is 0. The molecule has 2 rings (SSSR count). The fourth-order valence-corrected chi connectivity index (χ4v) is 3.21. The highest BCUT2D eigenvalue weighted by Crippen LogP contribution is 2.35. The fourth-order valence-electron chi connectivity index (χ4n) is 3.21. The normalized spacial score (nSPS) is 24.0. The first-order valence-electron chi connectivity index (χ1n) is 8.69. The minimum atomic E-state index is -0.696. The maximum Gasteiger partial charge on any atom is 0.256 e. The lowest BCUT2D eigenvalue weighted by molar-refractivity contribution is -0.143. The van der Waals surface area contributed by atoms with Gasteiger partial charge in [0.15, 0.2) is 0 Å². The first kappa shape index (κ1) is 18.7. The number of ether oxygens (including phenoxy) is 2. The molecule has 1 aliphatic carbocycles. The van der Waals surface area contributed by atoms with Crippen LogP contribution in [0.3, 0.4) is 0 Å². The van der Waals surface area contributed by atoms with Crippen molar-refractivity contribution in [2.75, 3.05) is 39.7 Å². The summed E-state index contributed by atoms with van der Waals surface area (Å²) in [5, 5.41) is 3.00. The standard InChI is InChI=1S/C19H30N2O3/c1-15-6-5-11-19(14-15,23-4)18(22)20-16-7-9-17(10-8-16)24-13-12-21(2)3/h7-10,15H,5-6,11-14H2,1-4H3,(H,20,22)/t15-,19-/m0/s1. The Balaban J connectivity index is 1.93. The molecule has 0 spiro atoms. The number of carbonyl (C=O) groups is 1. The molecule has 0 unspecified atom stereocenters. The Labute approximate surface area is 145 Å². The summed E-state index contributed by atoms with van der Waals surface area (Å²) in [4.78, 5) is 14.8. The lowest BCUT2D eigenvalue weighted by Crippen LogP contribution is -2.47. The van der Waals surface area contributed by atoms with Crippen molar-refractivity contribution < 1.29 is 14.3 Å². The van der Waals surface area contributed by atoms with E-state index in [0.717, 1.165) is 43.7 Å². The minimum Gasteiger partial charge on any atom is -0.492 e. The van der Waals surface area contributed by atoms with Gasteiger partial charge in [0.1, 0.15) is 18.0 Å². The molecule has 1 aromatic rings. The van der Waals surface area contributed by atoms with Gasteiger partial charge in [0.25, 0.3) is 5.91 Å². The van der Waals surface area contributed by atoms with E-state index in [1.54, 1.807) is 7.11 Å². The lowest BCUT2D eigenvalue weighted by atomic mass is 9.78. The molecule has 1 saturated carbocycles. The zero-order valence-electron chi connectivity index (χ0n) is 15.3. The maximum atomic E-state index is 12.7. The molecule has 5 nitrogen and oxygen atoms in total. The number of amides is 1. The highest BCUT2D eigenvalue weighted by Gasteiger charge is 2.41. The van der Waals surface area contributed by atoms with Gasteiger partial charge in [-0.25, -0.2) is 0 Å². The number of hydrogen-bond acceptors (Lipinski definition) is 4. The number of anilines is 1. The third-order valence-corrected chi connectivity index (χ3v) is 4.68. The Bertz CT molecular complexity index is 530. The summed E-state index contributed by atoms with van der Waals surface area (Å²) in [5.41, 5.74) is 0.0769. The average Bonchev–Trinajstić information content (AvgIpc) is 2.56. The molecule has 2 atom stereocenters. The second-order valence-electron chi connectivity index (χ2n) is 7.03. The van der Waals surface area contributed by atoms with Gasteiger partial charge >= 0.3 is 0 Å². The predicted molar refractivity (Wildman–Crippen MR) is 96.5 cm³/mol. The van der Waals surface area contributed by atoms with E-state index in [0.29, 0.717) is 12.5 Å². The van der Waals surface area contributed by atoms with Crippen LogP contribution in [0.1, 0.15) is 32.6 Å². The van der Waals surface area contributed by atoms with Crippen molar-refractivity contribution in [3.8, 4) is 5.75 Å². The van der Waals surface area contributed by atoms with Crippen LogP contribution in [0.4, 0.5) is 5.69 Å². The zero-order valence-corrected chi connectivity index (χ0v) is 15.3. The molecule has 0 radical (unpaired) electrons.